The molecule has 4 heterocycles. The summed E-state index contributed by atoms with van der Waals surface area (Å²) in [5.41, 5.74) is 3.42. The Morgan fingerprint density at radius 2 is 1.58 bits per heavy atom. The second kappa shape index (κ2) is 11.9. The molecule has 12 heteroatoms. The number of rotatable bonds is 6. The summed E-state index contributed by atoms with van der Waals surface area (Å²) in [6.07, 6.45) is 1.72. The second-order valence-corrected chi connectivity index (χ2v) is 10.0. The van der Waals surface area contributed by atoms with Crippen molar-refractivity contribution in [3.05, 3.63) is 78.4 Å². The molecule has 0 saturated carbocycles. The van der Waals surface area contributed by atoms with Gasteiger partial charge in [0.1, 0.15) is 22.9 Å². The molecule has 1 aliphatic heterocycles. The van der Waals surface area contributed by atoms with Crippen LogP contribution in [0, 0.1) is 12.7 Å². The lowest BCUT2D eigenvalue weighted by Crippen LogP contribution is -2.37. The van der Waals surface area contributed by atoms with Crippen LogP contribution in [0.15, 0.2) is 71.3 Å². The van der Waals surface area contributed by atoms with Gasteiger partial charge in [-0.2, -0.15) is 0 Å². The Bertz CT molecular complexity index is 1820. The number of carbonyl (C=O) groups excluding carboxylic acids is 2. The first-order valence-corrected chi connectivity index (χ1v) is 13.7. The van der Waals surface area contributed by atoms with Crippen molar-refractivity contribution in [3.63, 3.8) is 0 Å². The Labute approximate surface area is 246 Å². The number of amides is 3. The molecule has 3 aromatic heterocycles. The van der Waals surface area contributed by atoms with Crippen molar-refractivity contribution in [2.75, 3.05) is 47.2 Å². The van der Waals surface area contributed by atoms with Crippen LogP contribution in [0.2, 0.25) is 0 Å². The number of aryl methyl sites for hydroxylation is 1. The zero-order valence-electron chi connectivity index (χ0n) is 23.5. The van der Waals surface area contributed by atoms with Crippen molar-refractivity contribution >= 4 is 45.9 Å². The Balaban J connectivity index is 1.27. The standard InChI is InChI=1S/C31H28FN7O4/c1-18-3-10-27(43-18)20-15-26-28(33-17-20)30(39-11-13-42-14-12-39)38-29(37-26)24-9-8-23(16-25(24)32)36-31(41)35-22-6-4-21(5-7-22)34-19(2)40/h3-10,15-17H,11-14H2,1-2H3,(H,34,40)(H2,35,36,41). The third kappa shape index (κ3) is 6.28. The smallest absolute Gasteiger partial charge is 0.323 e. The molecule has 43 heavy (non-hydrogen) atoms. The highest BCUT2D eigenvalue weighted by Gasteiger charge is 2.21. The summed E-state index contributed by atoms with van der Waals surface area (Å²) in [6.45, 7) is 5.59. The number of pyridine rings is 1. The number of hydrogen-bond acceptors (Lipinski definition) is 8. The second-order valence-electron chi connectivity index (χ2n) is 10.0. The molecule has 5 aromatic rings. The van der Waals surface area contributed by atoms with Gasteiger partial charge in [0.2, 0.25) is 5.91 Å². The number of nitrogens with zero attached hydrogens (tertiary/aromatic N) is 4. The Hall–Kier alpha value is -5.36. The molecule has 0 atom stereocenters. The van der Waals surface area contributed by atoms with E-state index in [4.69, 9.17) is 14.1 Å². The minimum atomic E-state index is -0.601. The molecular formula is C31H28FN7O4. The van der Waals surface area contributed by atoms with Gasteiger partial charge in [0.15, 0.2) is 11.6 Å². The number of hydrogen-bond donors (Lipinski definition) is 3. The number of urea groups is 1. The molecule has 6 rings (SSSR count). The van der Waals surface area contributed by atoms with Gasteiger partial charge >= 0.3 is 6.03 Å². The molecule has 0 radical (unpaired) electrons. The van der Waals surface area contributed by atoms with E-state index in [1.54, 1.807) is 36.5 Å². The van der Waals surface area contributed by atoms with Crippen LogP contribution in [0.1, 0.15) is 12.7 Å². The van der Waals surface area contributed by atoms with Crippen molar-refractivity contribution < 1.29 is 23.1 Å². The fourth-order valence-electron chi connectivity index (χ4n) is 4.75. The summed E-state index contributed by atoms with van der Waals surface area (Å²) in [7, 11) is 0. The van der Waals surface area contributed by atoms with Crippen LogP contribution in [0.3, 0.4) is 0 Å². The molecule has 0 spiro atoms. The fourth-order valence-corrected chi connectivity index (χ4v) is 4.75. The number of morpholine rings is 1. The van der Waals surface area contributed by atoms with E-state index in [2.05, 4.69) is 30.8 Å². The van der Waals surface area contributed by atoms with E-state index in [9.17, 15) is 9.59 Å². The molecule has 0 unspecified atom stereocenters. The van der Waals surface area contributed by atoms with Crippen LogP contribution < -0.4 is 20.9 Å². The van der Waals surface area contributed by atoms with E-state index in [1.807, 2.05) is 25.1 Å². The van der Waals surface area contributed by atoms with Crippen LogP contribution in [-0.4, -0.2) is 53.2 Å². The van der Waals surface area contributed by atoms with Crippen LogP contribution >= 0.6 is 0 Å². The highest BCUT2D eigenvalue weighted by molar-refractivity contribution is 6.00. The summed E-state index contributed by atoms with van der Waals surface area (Å²) >= 11 is 0. The van der Waals surface area contributed by atoms with Gasteiger partial charge in [-0.05, 0) is 67.6 Å². The number of halogens is 1. The van der Waals surface area contributed by atoms with Crippen molar-refractivity contribution in [1.29, 1.82) is 0 Å². The van der Waals surface area contributed by atoms with E-state index in [0.717, 1.165) is 11.3 Å². The third-order valence-electron chi connectivity index (χ3n) is 6.78. The number of ether oxygens (including phenoxy) is 1. The highest BCUT2D eigenvalue weighted by atomic mass is 19.1. The number of aromatic nitrogens is 3. The van der Waals surface area contributed by atoms with Gasteiger partial charge in [0.25, 0.3) is 0 Å². The normalized spacial score (nSPS) is 13.1. The molecule has 1 aliphatic rings. The average Bonchev–Trinajstić information content (AvgIpc) is 3.44. The maximum Gasteiger partial charge on any atom is 0.323 e. The summed E-state index contributed by atoms with van der Waals surface area (Å²) < 4.78 is 26.8. The number of benzene rings is 2. The molecule has 3 amide bonds. The predicted octanol–water partition coefficient (Wildman–Crippen LogP) is 5.84. The lowest BCUT2D eigenvalue weighted by Gasteiger charge is -2.28. The van der Waals surface area contributed by atoms with Crippen LogP contribution in [-0.2, 0) is 9.53 Å². The zero-order valence-corrected chi connectivity index (χ0v) is 23.5. The van der Waals surface area contributed by atoms with Gasteiger partial charge in [-0.3, -0.25) is 4.79 Å². The van der Waals surface area contributed by atoms with Crippen molar-refractivity contribution in [2.45, 2.75) is 13.8 Å². The van der Waals surface area contributed by atoms with Crippen LogP contribution in [0.4, 0.5) is 32.1 Å². The topological polar surface area (TPSA) is 135 Å². The predicted molar refractivity (Wildman–Crippen MR) is 162 cm³/mol. The van der Waals surface area contributed by atoms with E-state index in [0.29, 0.717) is 60.3 Å². The fraction of sp³-hybridized carbons (Fsp3) is 0.194. The van der Waals surface area contributed by atoms with Gasteiger partial charge in [0.05, 0.1) is 24.3 Å². The summed E-state index contributed by atoms with van der Waals surface area (Å²) in [4.78, 5) is 39.9. The Morgan fingerprint density at radius 1 is 0.884 bits per heavy atom. The average molecular weight is 582 g/mol. The molecule has 218 valence electrons. The number of fused-ring (bicyclic) bond motifs is 1. The largest absolute Gasteiger partial charge is 0.461 e. The molecule has 11 nitrogen and oxygen atoms in total. The van der Waals surface area contributed by atoms with Gasteiger partial charge < -0.3 is 30.0 Å². The maximum absolute atomic E-state index is 15.5. The third-order valence-corrected chi connectivity index (χ3v) is 6.78. The van der Waals surface area contributed by atoms with Gasteiger partial charge in [-0.1, -0.05) is 0 Å². The summed E-state index contributed by atoms with van der Waals surface area (Å²) in [5, 5.41) is 7.97. The molecule has 2 aromatic carbocycles. The first kappa shape index (κ1) is 27.8. The minimum absolute atomic E-state index is 0.176. The van der Waals surface area contributed by atoms with Gasteiger partial charge in [0, 0.05) is 48.8 Å². The first-order chi connectivity index (χ1) is 20.8. The number of anilines is 4. The van der Waals surface area contributed by atoms with Gasteiger partial charge in [-0.15, -0.1) is 0 Å². The molecule has 3 N–H and O–H groups in total. The summed E-state index contributed by atoms with van der Waals surface area (Å²) in [5.74, 6) is 1.42. The molecule has 0 bridgehead atoms. The van der Waals surface area contributed by atoms with E-state index in [-0.39, 0.29) is 23.0 Å². The molecular weight excluding hydrogens is 553 g/mol. The number of carbonyl (C=O) groups is 2. The van der Waals surface area contributed by atoms with E-state index < -0.39 is 11.8 Å². The van der Waals surface area contributed by atoms with E-state index in [1.165, 1.54) is 19.1 Å². The molecule has 1 fully saturated rings. The summed E-state index contributed by atoms with van der Waals surface area (Å²) in [6, 6.07) is 16.0. The minimum Gasteiger partial charge on any atom is -0.461 e. The zero-order chi connectivity index (χ0) is 29.9. The quantitative estimate of drug-likeness (QED) is 0.228. The van der Waals surface area contributed by atoms with Crippen molar-refractivity contribution in [1.82, 2.24) is 15.0 Å². The maximum atomic E-state index is 15.5. The van der Waals surface area contributed by atoms with Gasteiger partial charge in [-0.25, -0.2) is 24.1 Å². The monoisotopic (exact) mass is 581 g/mol. The molecule has 0 aliphatic carbocycles. The van der Waals surface area contributed by atoms with Crippen LogP contribution in [0.25, 0.3) is 33.7 Å². The number of nitrogens with one attached hydrogen (secondary N) is 3. The van der Waals surface area contributed by atoms with Crippen molar-refractivity contribution in [3.8, 4) is 22.7 Å². The Morgan fingerprint density at radius 3 is 2.26 bits per heavy atom. The lowest BCUT2D eigenvalue weighted by atomic mass is 10.1. The Kier molecular flexibility index (Phi) is 7.67. The molecule has 1 saturated heterocycles. The van der Waals surface area contributed by atoms with E-state index >= 15 is 4.39 Å². The van der Waals surface area contributed by atoms with Crippen LogP contribution in [0.5, 0.6) is 0 Å². The first-order valence-electron chi connectivity index (χ1n) is 13.7. The highest BCUT2D eigenvalue weighted by Crippen LogP contribution is 2.32. The van der Waals surface area contributed by atoms with Crippen molar-refractivity contribution in [2.24, 2.45) is 0 Å². The SMILES string of the molecule is CC(=O)Nc1ccc(NC(=O)Nc2ccc(-c3nc(N4CCOCC4)c4ncc(-c5ccc(C)o5)cc4n3)c(F)c2)cc1. The number of furan rings is 1. The lowest BCUT2D eigenvalue weighted by molar-refractivity contribution is -0.114.